The van der Waals surface area contributed by atoms with Gasteiger partial charge in [-0.3, -0.25) is 0 Å². The summed E-state index contributed by atoms with van der Waals surface area (Å²) in [5.74, 6) is -0.408. The summed E-state index contributed by atoms with van der Waals surface area (Å²) in [6.45, 7) is 5.19. The highest BCUT2D eigenvalue weighted by Gasteiger charge is 2.31. The summed E-state index contributed by atoms with van der Waals surface area (Å²) < 4.78 is 13.5. The van der Waals surface area contributed by atoms with Crippen LogP contribution in [0.5, 0.6) is 0 Å². The number of hydrogen-bond acceptors (Lipinski definition) is 2. The van der Waals surface area contributed by atoms with Gasteiger partial charge in [0.2, 0.25) is 0 Å². The van der Waals surface area contributed by atoms with Crippen LogP contribution in [0.25, 0.3) is 0 Å². The van der Waals surface area contributed by atoms with E-state index in [0.717, 1.165) is 45.3 Å². The Hall–Kier alpha value is -0.640. The van der Waals surface area contributed by atoms with Gasteiger partial charge in [-0.15, -0.1) is 0 Å². The van der Waals surface area contributed by atoms with Crippen LogP contribution in [0, 0.1) is 5.82 Å². The van der Waals surface area contributed by atoms with Crippen molar-refractivity contribution < 1.29 is 9.50 Å². The highest BCUT2D eigenvalue weighted by atomic mass is 35.5. The van der Waals surface area contributed by atoms with Crippen molar-refractivity contribution in [1.29, 1.82) is 0 Å². The summed E-state index contributed by atoms with van der Waals surface area (Å²) in [7, 11) is 0. The van der Waals surface area contributed by atoms with E-state index >= 15 is 0 Å². The second-order valence-electron chi connectivity index (χ2n) is 5.81. The molecule has 1 aliphatic heterocycles. The standard InChI is InChI=1S/C16H23ClFNO/c1-2-9-19-10-4-7-16(20,8-11-19)12-13-5-3-6-14(18)15(13)17/h3,5-6,20H,2,4,7-12H2,1H3. The predicted molar refractivity (Wildman–Crippen MR) is 80.6 cm³/mol. The first-order chi connectivity index (χ1) is 9.54. The highest BCUT2D eigenvalue weighted by Crippen LogP contribution is 2.30. The monoisotopic (exact) mass is 299 g/mol. The van der Waals surface area contributed by atoms with Gasteiger partial charge < -0.3 is 10.0 Å². The molecular formula is C16H23ClFNO. The molecule has 1 aliphatic rings. The molecule has 0 aromatic heterocycles. The van der Waals surface area contributed by atoms with Gasteiger partial charge in [0.15, 0.2) is 0 Å². The zero-order valence-corrected chi connectivity index (χ0v) is 12.8. The summed E-state index contributed by atoms with van der Waals surface area (Å²) in [6.07, 6.45) is 4.01. The van der Waals surface area contributed by atoms with E-state index < -0.39 is 11.4 Å². The number of rotatable bonds is 4. The van der Waals surface area contributed by atoms with Crippen LogP contribution in [-0.4, -0.2) is 35.2 Å². The van der Waals surface area contributed by atoms with E-state index in [1.54, 1.807) is 12.1 Å². The van der Waals surface area contributed by atoms with Crippen molar-refractivity contribution in [2.24, 2.45) is 0 Å². The summed E-state index contributed by atoms with van der Waals surface area (Å²) in [4.78, 5) is 2.39. The van der Waals surface area contributed by atoms with E-state index in [4.69, 9.17) is 11.6 Å². The minimum atomic E-state index is -0.764. The van der Waals surface area contributed by atoms with E-state index in [9.17, 15) is 9.50 Å². The normalized spacial score (nSPS) is 24.6. The number of halogens is 2. The van der Waals surface area contributed by atoms with E-state index in [2.05, 4.69) is 11.8 Å². The highest BCUT2D eigenvalue weighted by molar-refractivity contribution is 6.31. The molecule has 1 atom stereocenters. The molecule has 2 rings (SSSR count). The van der Waals surface area contributed by atoms with Gasteiger partial charge in [0, 0.05) is 13.0 Å². The van der Waals surface area contributed by atoms with Crippen LogP contribution in [0.1, 0.15) is 38.2 Å². The predicted octanol–water partition coefficient (Wildman–Crippen LogP) is 3.65. The van der Waals surface area contributed by atoms with Crippen molar-refractivity contribution in [1.82, 2.24) is 4.90 Å². The third-order valence-electron chi connectivity index (χ3n) is 4.10. The fourth-order valence-electron chi connectivity index (χ4n) is 2.99. The number of likely N-dealkylation sites (tertiary alicyclic amines) is 1. The van der Waals surface area contributed by atoms with Crippen LogP contribution in [0.2, 0.25) is 5.02 Å². The number of nitrogens with zero attached hydrogens (tertiary/aromatic N) is 1. The first-order valence-electron chi connectivity index (χ1n) is 7.42. The largest absolute Gasteiger partial charge is 0.389 e. The molecule has 0 aliphatic carbocycles. The van der Waals surface area contributed by atoms with Gasteiger partial charge in [-0.1, -0.05) is 30.7 Å². The Labute approximate surface area is 125 Å². The van der Waals surface area contributed by atoms with Crippen LogP contribution in [0.4, 0.5) is 4.39 Å². The summed E-state index contributed by atoms with van der Waals surface area (Å²) in [6, 6.07) is 4.81. The molecule has 0 spiro atoms. The Morgan fingerprint density at radius 1 is 1.35 bits per heavy atom. The van der Waals surface area contributed by atoms with E-state index in [1.807, 2.05) is 0 Å². The topological polar surface area (TPSA) is 23.5 Å². The minimum absolute atomic E-state index is 0.149. The molecule has 20 heavy (non-hydrogen) atoms. The molecule has 1 N–H and O–H groups in total. The third-order valence-corrected chi connectivity index (χ3v) is 4.52. The number of benzene rings is 1. The second kappa shape index (κ2) is 6.88. The Kier molecular flexibility index (Phi) is 5.42. The number of hydrogen-bond donors (Lipinski definition) is 1. The molecule has 0 bridgehead atoms. The maximum Gasteiger partial charge on any atom is 0.142 e. The van der Waals surface area contributed by atoms with Crippen LogP contribution < -0.4 is 0 Å². The van der Waals surface area contributed by atoms with E-state index in [0.29, 0.717) is 12.0 Å². The van der Waals surface area contributed by atoms with Gasteiger partial charge in [-0.25, -0.2) is 4.39 Å². The maximum absolute atomic E-state index is 13.5. The Balaban J connectivity index is 2.05. The zero-order valence-electron chi connectivity index (χ0n) is 12.0. The average Bonchev–Trinajstić information content (AvgIpc) is 2.59. The Morgan fingerprint density at radius 3 is 2.90 bits per heavy atom. The number of aliphatic hydroxyl groups is 1. The van der Waals surface area contributed by atoms with Crippen molar-refractivity contribution >= 4 is 11.6 Å². The molecule has 0 amide bonds. The molecule has 1 aromatic carbocycles. The van der Waals surface area contributed by atoms with Crippen LogP contribution in [0.3, 0.4) is 0 Å². The van der Waals surface area contributed by atoms with Gasteiger partial charge in [0.1, 0.15) is 5.82 Å². The average molecular weight is 300 g/mol. The molecule has 0 radical (unpaired) electrons. The lowest BCUT2D eigenvalue weighted by Gasteiger charge is -2.27. The van der Waals surface area contributed by atoms with E-state index in [-0.39, 0.29) is 5.02 Å². The molecule has 1 aromatic rings. The first-order valence-corrected chi connectivity index (χ1v) is 7.79. The fraction of sp³-hybridized carbons (Fsp3) is 0.625. The summed E-state index contributed by atoms with van der Waals surface area (Å²) in [5, 5.41) is 10.9. The third kappa shape index (κ3) is 3.94. The van der Waals surface area contributed by atoms with E-state index in [1.165, 1.54) is 6.07 Å². The van der Waals surface area contributed by atoms with Crippen LogP contribution in [-0.2, 0) is 6.42 Å². The Morgan fingerprint density at radius 2 is 2.15 bits per heavy atom. The minimum Gasteiger partial charge on any atom is -0.389 e. The Bertz CT molecular complexity index is 454. The smallest absolute Gasteiger partial charge is 0.142 e. The molecule has 2 nitrogen and oxygen atoms in total. The van der Waals surface area contributed by atoms with Crippen LogP contribution >= 0.6 is 11.6 Å². The maximum atomic E-state index is 13.5. The zero-order chi connectivity index (χ0) is 14.6. The molecule has 4 heteroatoms. The SMILES string of the molecule is CCCN1CCCC(O)(Cc2cccc(F)c2Cl)CC1. The summed E-state index contributed by atoms with van der Waals surface area (Å²) in [5.41, 5.74) is -0.0574. The lowest BCUT2D eigenvalue weighted by molar-refractivity contribution is 0.0257. The van der Waals surface area contributed by atoms with Gasteiger partial charge in [0.05, 0.1) is 10.6 Å². The van der Waals surface area contributed by atoms with Crippen LogP contribution in [0.15, 0.2) is 18.2 Å². The van der Waals surface area contributed by atoms with Crippen molar-refractivity contribution in [3.05, 3.63) is 34.6 Å². The molecule has 1 fully saturated rings. The molecule has 112 valence electrons. The van der Waals surface area contributed by atoms with Gasteiger partial charge in [0.25, 0.3) is 0 Å². The molecule has 1 saturated heterocycles. The molecule has 0 saturated carbocycles. The second-order valence-corrected chi connectivity index (χ2v) is 6.19. The summed E-state index contributed by atoms with van der Waals surface area (Å²) >= 11 is 6.00. The lowest BCUT2D eigenvalue weighted by Crippen LogP contribution is -2.33. The molecular weight excluding hydrogens is 277 g/mol. The van der Waals surface area contributed by atoms with Crippen molar-refractivity contribution in [2.45, 2.75) is 44.6 Å². The van der Waals surface area contributed by atoms with Crippen molar-refractivity contribution in [3.8, 4) is 0 Å². The molecule has 1 unspecified atom stereocenters. The van der Waals surface area contributed by atoms with Crippen molar-refractivity contribution in [3.63, 3.8) is 0 Å². The van der Waals surface area contributed by atoms with Gasteiger partial charge in [-0.2, -0.15) is 0 Å². The molecule has 1 heterocycles. The first kappa shape index (κ1) is 15.7. The van der Waals surface area contributed by atoms with Gasteiger partial charge >= 0.3 is 0 Å². The lowest BCUT2D eigenvalue weighted by atomic mass is 9.87. The fourth-order valence-corrected chi connectivity index (χ4v) is 3.18. The van der Waals surface area contributed by atoms with Gasteiger partial charge in [-0.05, 0) is 50.4 Å². The quantitative estimate of drug-likeness (QED) is 0.917. The van der Waals surface area contributed by atoms with Crippen molar-refractivity contribution in [2.75, 3.05) is 19.6 Å².